The number of hydrazine groups is 1. The van der Waals surface area contributed by atoms with Crippen molar-refractivity contribution in [2.24, 2.45) is 11.7 Å². The summed E-state index contributed by atoms with van der Waals surface area (Å²) in [4.78, 5) is 0. The smallest absolute Gasteiger partial charge is 0.0667 e. The van der Waals surface area contributed by atoms with Gasteiger partial charge in [-0.05, 0) is 62.6 Å². The molecule has 0 radical (unpaired) electrons. The van der Waals surface area contributed by atoms with Gasteiger partial charge in [-0.2, -0.15) is 0 Å². The van der Waals surface area contributed by atoms with Crippen molar-refractivity contribution in [2.45, 2.75) is 38.3 Å². The predicted octanol–water partition coefficient (Wildman–Crippen LogP) is 10.3. The van der Waals surface area contributed by atoms with Crippen molar-refractivity contribution in [1.29, 1.82) is 0 Å². The van der Waals surface area contributed by atoms with E-state index < -0.39 is 0 Å². The maximum atomic E-state index is 4.00. The summed E-state index contributed by atoms with van der Waals surface area (Å²) >= 11 is 0. The number of allylic oxidation sites excluding steroid dienone is 4. The minimum atomic E-state index is -0.361. The molecule has 0 saturated heterocycles. The van der Waals surface area contributed by atoms with Crippen molar-refractivity contribution >= 4 is 0 Å². The first kappa shape index (κ1) is 35.0. The standard InChI is InChI=1S/C44H37N.C2H6.H4N2/c1-5-17-36(18-6-1)43(37-19-7-2-8-20-37)45-33-34-16-15-21-38(32-34)35-28-30-42(31-29-35)44(41-26-13-14-27-41,39-22-9-3-10-23-39)40-24-11-4-12-25-40;2*1-2/h1-26,28-32,43,45H,27,33H2;1-2H3;1-2H2. The lowest BCUT2D eigenvalue weighted by atomic mass is 9.64. The molecule has 7 rings (SSSR count). The molecule has 0 atom stereocenters. The zero-order chi connectivity index (χ0) is 34.3. The maximum Gasteiger partial charge on any atom is 0.0667 e. The van der Waals surface area contributed by atoms with Gasteiger partial charge in [0.15, 0.2) is 0 Å². The normalized spacial score (nSPS) is 12.0. The average Bonchev–Trinajstić information content (AvgIpc) is 3.74. The third-order valence-corrected chi connectivity index (χ3v) is 9.02. The zero-order valence-electron chi connectivity index (χ0n) is 28.5. The largest absolute Gasteiger partial charge is 0.302 e. The number of benzene rings is 6. The highest BCUT2D eigenvalue weighted by molar-refractivity contribution is 5.67. The molecule has 0 saturated carbocycles. The fraction of sp³-hybridized carbons (Fsp3) is 0.130. The van der Waals surface area contributed by atoms with E-state index in [2.05, 4.69) is 205 Å². The van der Waals surface area contributed by atoms with Gasteiger partial charge in [0.2, 0.25) is 0 Å². The van der Waals surface area contributed by atoms with Crippen LogP contribution < -0.4 is 17.0 Å². The molecule has 0 unspecified atom stereocenters. The van der Waals surface area contributed by atoms with E-state index in [1.54, 1.807) is 0 Å². The first-order valence-electron chi connectivity index (χ1n) is 17.2. The Kier molecular flexibility index (Phi) is 12.7. The molecule has 0 aliphatic heterocycles. The van der Waals surface area contributed by atoms with Crippen LogP contribution in [0, 0.1) is 0 Å². The summed E-state index contributed by atoms with van der Waals surface area (Å²) in [5.74, 6) is 8.00. The average molecular weight is 642 g/mol. The van der Waals surface area contributed by atoms with Gasteiger partial charge in [-0.1, -0.05) is 196 Å². The molecule has 0 aromatic heterocycles. The molecule has 0 bridgehead atoms. The van der Waals surface area contributed by atoms with Crippen molar-refractivity contribution in [1.82, 2.24) is 5.32 Å². The van der Waals surface area contributed by atoms with E-state index in [1.165, 1.54) is 50.1 Å². The third-order valence-electron chi connectivity index (χ3n) is 9.02. The van der Waals surface area contributed by atoms with E-state index in [-0.39, 0.29) is 11.5 Å². The van der Waals surface area contributed by atoms with E-state index >= 15 is 0 Å². The number of hydrogen-bond acceptors (Lipinski definition) is 3. The maximum absolute atomic E-state index is 4.00. The Morgan fingerprint density at radius 3 is 1.53 bits per heavy atom. The zero-order valence-corrected chi connectivity index (χ0v) is 28.5. The second-order valence-corrected chi connectivity index (χ2v) is 11.7. The molecule has 0 fully saturated rings. The van der Waals surface area contributed by atoms with Crippen molar-refractivity contribution < 1.29 is 0 Å². The molecule has 49 heavy (non-hydrogen) atoms. The molecule has 3 heteroatoms. The lowest BCUT2D eigenvalue weighted by molar-refractivity contribution is 0.605. The van der Waals surface area contributed by atoms with Crippen LogP contribution >= 0.6 is 0 Å². The van der Waals surface area contributed by atoms with Crippen LogP contribution in [0.4, 0.5) is 0 Å². The first-order chi connectivity index (χ1) is 24.3. The minimum Gasteiger partial charge on any atom is -0.302 e. The summed E-state index contributed by atoms with van der Waals surface area (Å²) in [6.07, 6.45) is 7.71. The lowest BCUT2D eigenvalue weighted by Gasteiger charge is -2.38. The Hall–Kier alpha value is -5.32. The van der Waals surface area contributed by atoms with Crippen molar-refractivity contribution in [3.05, 3.63) is 227 Å². The summed E-state index contributed by atoms with van der Waals surface area (Å²) in [5.41, 5.74) is 11.1. The number of rotatable bonds is 10. The predicted molar refractivity (Wildman–Crippen MR) is 208 cm³/mol. The third kappa shape index (κ3) is 7.88. The van der Waals surface area contributed by atoms with Crippen LogP contribution in [-0.2, 0) is 12.0 Å². The van der Waals surface area contributed by atoms with Gasteiger partial charge < -0.3 is 5.32 Å². The van der Waals surface area contributed by atoms with Gasteiger partial charge in [0, 0.05) is 6.54 Å². The van der Waals surface area contributed by atoms with Crippen molar-refractivity contribution in [3.63, 3.8) is 0 Å². The Labute approximate surface area is 292 Å². The second kappa shape index (κ2) is 17.7. The van der Waals surface area contributed by atoms with Crippen LogP contribution in [0.3, 0.4) is 0 Å². The SMILES string of the molecule is C1=CCC(C(c2ccccc2)(c2ccccc2)c2ccc(-c3cccc(CNC(c4ccccc4)c4ccccc4)c3)cc2)=C1.CC.NN. The summed E-state index contributed by atoms with van der Waals surface area (Å²) in [7, 11) is 0. The lowest BCUT2D eigenvalue weighted by Crippen LogP contribution is -2.31. The van der Waals surface area contributed by atoms with E-state index in [4.69, 9.17) is 0 Å². The summed E-state index contributed by atoms with van der Waals surface area (Å²) in [6, 6.07) is 61.6. The Morgan fingerprint density at radius 1 is 0.551 bits per heavy atom. The Bertz CT molecular complexity index is 1820. The van der Waals surface area contributed by atoms with Crippen LogP contribution in [0.2, 0.25) is 0 Å². The second-order valence-electron chi connectivity index (χ2n) is 11.7. The molecule has 3 nitrogen and oxygen atoms in total. The molecule has 246 valence electrons. The van der Waals surface area contributed by atoms with Crippen molar-refractivity contribution in [2.75, 3.05) is 0 Å². The molecule has 0 heterocycles. The number of nitrogens with two attached hydrogens (primary N) is 2. The monoisotopic (exact) mass is 641 g/mol. The Balaban J connectivity index is 0.00000113. The minimum absolute atomic E-state index is 0.124. The van der Waals surface area contributed by atoms with E-state index in [0.29, 0.717) is 0 Å². The van der Waals surface area contributed by atoms with Gasteiger partial charge in [0.25, 0.3) is 0 Å². The van der Waals surface area contributed by atoms with Gasteiger partial charge >= 0.3 is 0 Å². The first-order valence-corrected chi connectivity index (χ1v) is 17.2. The van der Waals surface area contributed by atoms with E-state index in [1.807, 2.05) is 13.8 Å². The van der Waals surface area contributed by atoms with Crippen LogP contribution in [0.15, 0.2) is 194 Å². The van der Waals surface area contributed by atoms with E-state index in [9.17, 15) is 0 Å². The molecule has 1 aliphatic carbocycles. The highest BCUT2D eigenvalue weighted by Crippen LogP contribution is 2.48. The topological polar surface area (TPSA) is 64.1 Å². The van der Waals surface area contributed by atoms with Crippen LogP contribution in [0.1, 0.15) is 59.7 Å². The van der Waals surface area contributed by atoms with Crippen LogP contribution in [0.5, 0.6) is 0 Å². The summed E-state index contributed by atoms with van der Waals surface area (Å²) in [6.45, 7) is 4.77. The van der Waals surface area contributed by atoms with Crippen LogP contribution in [-0.4, -0.2) is 0 Å². The highest BCUT2D eigenvalue weighted by atomic mass is 15.0. The molecule has 6 aromatic carbocycles. The molecule has 6 aromatic rings. The molecule has 1 aliphatic rings. The van der Waals surface area contributed by atoms with Crippen molar-refractivity contribution in [3.8, 4) is 11.1 Å². The van der Waals surface area contributed by atoms with Gasteiger partial charge in [-0.25, -0.2) is 0 Å². The Morgan fingerprint density at radius 2 is 1.04 bits per heavy atom. The highest BCUT2D eigenvalue weighted by Gasteiger charge is 2.39. The summed E-state index contributed by atoms with van der Waals surface area (Å²) in [5, 5.41) is 3.83. The fourth-order valence-electron chi connectivity index (χ4n) is 6.87. The van der Waals surface area contributed by atoms with E-state index in [0.717, 1.165) is 13.0 Å². The van der Waals surface area contributed by atoms with Gasteiger partial charge in [0.05, 0.1) is 11.5 Å². The molecule has 0 amide bonds. The number of nitrogens with one attached hydrogen (secondary N) is 1. The fourth-order valence-corrected chi connectivity index (χ4v) is 6.87. The number of hydrogen-bond donors (Lipinski definition) is 3. The van der Waals surface area contributed by atoms with Gasteiger partial charge in [-0.3, -0.25) is 11.7 Å². The quantitative estimate of drug-likeness (QED) is 0.0792. The molecular formula is C46H47N3. The molecule has 0 spiro atoms. The summed E-state index contributed by atoms with van der Waals surface area (Å²) < 4.78 is 0. The van der Waals surface area contributed by atoms with Gasteiger partial charge in [-0.15, -0.1) is 0 Å². The molecule has 5 N–H and O–H groups in total. The van der Waals surface area contributed by atoms with Crippen LogP contribution in [0.25, 0.3) is 11.1 Å². The van der Waals surface area contributed by atoms with Gasteiger partial charge in [0.1, 0.15) is 0 Å². The molecular weight excluding hydrogens is 595 g/mol.